The van der Waals surface area contributed by atoms with Gasteiger partial charge in [0.1, 0.15) is 35.7 Å². The van der Waals surface area contributed by atoms with Crippen LogP contribution in [0.15, 0.2) is 71.6 Å². The monoisotopic (exact) mass is 463 g/mol. The highest BCUT2D eigenvalue weighted by atomic mass is 32.2. The molecule has 2 heterocycles. The minimum atomic E-state index is -0.214. The van der Waals surface area contributed by atoms with E-state index in [-0.39, 0.29) is 22.9 Å². The average molecular weight is 464 g/mol. The van der Waals surface area contributed by atoms with Crippen molar-refractivity contribution >= 4 is 11.8 Å². The fourth-order valence-electron chi connectivity index (χ4n) is 4.49. The van der Waals surface area contributed by atoms with Crippen LogP contribution in [0, 0.1) is 0 Å². The Balaban J connectivity index is 1.35. The Hall–Kier alpha value is -2.83. The molecule has 3 aromatic carbocycles. The Morgan fingerprint density at radius 2 is 1.61 bits per heavy atom. The molecule has 0 spiro atoms. The first kappa shape index (κ1) is 22.0. The van der Waals surface area contributed by atoms with Gasteiger partial charge in [0.15, 0.2) is 0 Å². The van der Waals surface area contributed by atoms with Gasteiger partial charge in [-0.3, -0.25) is 4.90 Å². The van der Waals surface area contributed by atoms with Crippen molar-refractivity contribution in [1.29, 1.82) is 0 Å². The summed E-state index contributed by atoms with van der Waals surface area (Å²) in [5, 5.41) is 19.6. The molecule has 0 amide bonds. The van der Waals surface area contributed by atoms with Crippen molar-refractivity contribution in [2.24, 2.45) is 0 Å². The number of likely N-dealkylation sites (tertiary alicyclic amines) is 1. The lowest BCUT2D eigenvalue weighted by molar-refractivity contribution is 0.172. The van der Waals surface area contributed by atoms with E-state index >= 15 is 0 Å². The lowest BCUT2D eigenvalue weighted by Gasteiger charge is -2.34. The summed E-state index contributed by atoms with van der Waals surface area (Å²) in [7, 11) is 0. The van der Waals surface area contributed by atoms with Gasteiger partial charge in [0.05, 0.1) is 10.1 Å². The van der Waals surface area contributed by atoms with Crippen LogP contribution < -0.4 is 9.47 Å². The zero-order valence-electron chi connectivity index (χ0n) is 18.7. The van der Waals surface area contributed by atoms with Gasteiger partial charge in [0.25, 0.3) is 0 Å². The molecule has 5 nitrogen and oxygen atoms in total. The molecule has 0 radical (unpaired) electrons. The molecule has 5 rings (SSSR count). The van der Waals surface area contributed by atoms with Gasteiger partial charge in [0.2, 0.25) is 0 Å². The van der Waals surface area contributed by atoms with Gasteiger partial charge < -0.3 is 19.7 Å². The van der Waals surface area contributed by atoms with Crippen LogP contribution in [0.3, 0.4) is 0 Å². The van der Waals surface area contributed by atoms with E-state index < -0.39 is 0 Å². The quantitative estimate of drug-likeness (QED) is 0.473. The molecular formula is C27H29NO4S. The van der Waals surface area contributed by atoms with E-state index in [1.165, 1.54) is 12.8 Å². The molecule has 2 N–H and O–H groups in total. The van der Waals surface area contributed by atoms with Crippen molar-refractivity contribution in [3.05, 3.63) is 77.9 Å². The maximum atomic E-state index is 9.93. The zero-order valence-corrected chi connectivity index (χ0v) is 19.5. The van der Waals surface area contributed by atoms with Crippen LogP contribution in [0.25, 0.3) is 0 Å². The van der Waals surface area contributed by atoms with Gasteiger partial charge in [-0.2, -0.15) is 0 Å². The van der Waals surface area contributed by atoms with Gasteiger partial charge >= 0.3 is 0 Å². The van der Waals surface area contributed by atoms with E-state index in [1.807, 2.05) is 30.3 Å². The zero-order chi connectivity index (χ0) is 22.8. The first-order chi connectivity index (χ1) is 16.1. The Kier molecular flexibility index (Phi) is 6.38. The third-order valence-corrected chi connectivity index (χ3v) is 7.74. The average Bonchev–Trinajstić information content (AvgIpc) is 3.38. The van der Waals surface area contributed by atoms with Crippen molar-refractivity contribution in [2.45, 2.75) is 42.1 Å². The maximum absolute atomic E-state index is 9.93. The van der Waals surface area contributed by atoms with Gasteiger partial charge in [-0.15, -0.1) is 11.8 Å². The molecule has 1 saturated heterocycles. The second-order valence-electron chi connectivity index (χ2n) is 8.77. The number of phenolic OH excluding ortho intramolecular Hbond substituents is 2. The molecule has 172 valence electrons. The molecule has 2 aliphatic heterocycles. The Morgan fingerprint density at radius 3 is 2.33 bits per heavy atom. The van der Waals surface area contributed by atoms with E-state index in [9.17, 15) is 10.2 Å². The van der Waals surface area contributed by atoms with E-state index in [2.05, 4.69) is 24.0 Å². The van der Waals surface area contributed by atoms with Crippen LogP contribution >= 0.6 is 11.8 Å². The number of hydrogen-bond donors (Lipinski definition) is 2. The maximum Gasteiger partial charge on any atom is 0.140 e. The highest BCUT2D eigenvalue weighted by Gasteiger charge is 2.33. The molecule has 0 aliphatic carbocycles. The fraction of sp³-hybridized carbons (Fsp3) is 0.333. The number of phenols is 2. The summed E-state index contributed by atoms with van der Waals surface area (Å²) in [5.41, 5.74) is 2.11. The molecule has 2 aliphatic rings. The molecule has 6 heteroatoms. The third kappa shape index (κ3) is 4.92. The summed E-state index contributed by atoms with van der Waals surface area (Å²) in [4.78, 5) is 3.39. The van der Waals surface area contributed by atoms with Crippen molar-refractivity contribution < 1.29 is 19.7 Å². The van der Waals surface area contributed by atoms with Gasteiger partial charge in [-0.25, -0.2) is 0 Å². The Bertz CT molecular complexity index is 1080. The van der Waals surface area contributed by atoms with Gasteiger partial charge in [0, 0.05) is 6.04 Å². The van der Waals surface area contributed by atoms with Gasteiger partial charge in [-0.1, -0.05) is 24.3 Å². The molecule has 0 aromatic heterocycles. The first-order valence-electron chi connectivity index (χ1n) is 11.5. The van der Waals surface area contributed by atoms with Crippen molar-refractivity contribution in [3.8, 4) is 23.0 Å². The molecule has 0 saturated carbocycles. The fourth-order valence-corrected chi connectivity index (χ4v) is 5.82. The lowest BCUT2D eigenvalue weighted by atomic mass is 10.00. The standard InChI is InChI=1S/C27H29NO4S/c1-18(28-14-2-3-15-28)17-31-23-11-6-19(7-12-23)26-27(20-4-8-21(29)9-5-20)33-25-16-22(30)10-13-24(25)32-26/h4-13,16,18,26-27,29-30H,2-3,14-15,17H2,1H3/t18-,26-,27-/m0/s1. The molecule has 3 atom stereocenters. The van der Waals surface area contributed by atoms with Crippen molar-refractivity contribution in [2.75, 3.05) is 19.7 Å². The summed E-state index contributed by atoms with van der Waals surface area (Å²) in [6.07, 6.45) is 2.35. The largest absolute Gasteiger partial charge is 0.508 e. The number of fused-ring (bicyclic) bond motifs is 1. The van der Waals surface area contributed by atoms with Crippen LogP contribution in [0.5, 0.6) is 23.0 Å². The summed E-state index contributed by atoms with van der Waals surface area (Å²) in [6.45, 7) is 5.24. The number of aromatic hydroxyl groups is 2. The molecule has 0 unspecified atom stereocenters. The Morgan fingerprint density at radius 1 is 0.939 bits per heavy atom. The number of rotatable bonds is 6. The number of nitrogens with zero attached hydrogens (tertiary/aromatic N) is 1. The summed E-state index contributed by atoms with van der Waals surface area (Å²) in [6, 6.07) is 21.0. The number of hydrogen-bond acceptors (Lipinski definition) is 6. The van der Waals surface area contributed by atoms with E-state index in [1.54, 1.807) is 36.0 Å². The minimum absolute atomic E-state index is 0.0261. The molecule has 3 aromatic rings. The van der Waals surface area contributed by atoms with Crippen LogP contribution in [-0.2, 0) is 0 Å². The molecule has 0 bridgehead atoms. The minimum Gasteiger partial charge on any atom is -0.508 e. The lowest BCUT2D eigenvalue weighted by Crippen LogP contribution is -2.34. The predicted molar refractivity (Wildman–Crippen MR) is 130 cm³/mol. The smallest absolute Gasteiger partial charge is 0.140 e. The predicted octanol–water partition coefficient (Wildman–Crippen LogP) is 5.93. The topological polar surface area (TPSA) is 62.2 Å². The highest BCUT2D eigenvalue weighted by Crippen LogP contribution is 2.54. The molecule has 1 fully saturated rings. The van der Waals surface area contributed by atoms with Crippen molar-refractivity contribution in [3.63, 3.8) is 0 Å². The van der Waals surface area contributed by atoms with E-state index in [0.29, 0.717) is 12.6 Å². The highest BCUT2D eigenvalue weighted by molar-refractivity contribution is 7.99. The summed E-state index contributed by atoms with van der Waals surface area (Å²) in [5.74, 6) is 2.08. The van der Waals surface area contributed by atoms with Crippen molar-refractivity contribution in [1.82, 2.24) is 4.90 Å². The van der Waals surface area contributed by atoms with E-state index in [0.717, 1.165) is 40.6 Å². The SMILES string of the molecule is C[C@@H](COc1ccc([C@@H]2Oc3ccc(O)cc3S[C@H]2c2ccc(O)cc2)cc1)N1CCCC1. The number of ether oxygens (including phenoxy) is 2. The second-order valence-corrected chi connectivity index (χ2v) is 9.96. The number of benzene rings is 3. The van der Waals surface area contributed by atoms with Crippen LogP contribution in [-0.4, -0.2) is 40.9 Å². The van der Waals surface area contributed by atoms with Crippen LogP contribution in [0.1, 0.15) is 42.2 Å². The third-order valence-electron chi connectivity index (χ3n) is 6.40. The second kappa shape index (κ2) is 9.57. The first-order valence-corrected chi connectivity index (χ1v) is 12.4. The number of thioether (sulfide) groups is 1. The van der Waals surface area contributed by atoms with Gasteiger partial charge in [-0.05, 0) is 86.4 Å². The van der Waals surface area contributed by atoms with Crippen LogP contribution in [0.2, 0.25) is 0 Å². The summed E-state index contributed by atoms with van der Waals surface area (Å²) >= 11 is 1.66. The van der Waals surface area contributed by atoms with Crippen LogP contribution in [0.4, 0.5) is 0 Å². The Labute approximate surface area is 199 Å². The molecular weight excluding hydrogens is 434 g/mol. The summed E-state index contributed by atoms with van der Waals surface area (Å²) < 4.78 is 12.5. The van der Waals surface area contributed by atoms with E-state index in [4.69, 9.17) is 9.47 Å². The normalized spacial score (nSPS) is 21.2. The molecule has 33 heavy (non-hydrogen) atoms.